The topological polar surface area (TPSA) is 89.6 Å². The number of rotatable bonds is 0. The summed E-state index contributed by atoms with van der Waals surface area (Å²) in [5.74, 6) is 0. The maximum atomic E-state index is 10.0. The second-order valence-electron chi connectivity index (χ2n) is 5.61. The molecular weight excluding hydrogens is 294 g/mol. The lowest BCUT2D eigenvalue weighted by molar-refractivity contribution is -0.122. The van der Waals surface area contributed by atoms with Gasteiger partial charge in [0.15, 0.2) is 0 Å². The number of nitrogens with two attached hydrogens (primary N) is 1. The largest absolute Gasteiger partial charge is 0.483 e. The van der Waals surface area contributed by atoms with E-state index in [0.29, 0.717) is 0 Å². The molecule has 0 radical (unpaired) electrons. The van der Waals surface area contributed by atoms with Crippen molar-refractivity contribution in [1.29, 1.82) is 0 Å². The number of ether oxygens (including phenoxy) is 1. The molecule has 1 aliphatic rings. The normalized spacial score (nSPS) is 11.5. The van der Waals surface area contributed by atoms with E-state index in [2.05, 4.69) is 41.8 Å². The first kappa shape index (κ1) is 22.8. The van der Waals surface area contributed by atoms with Gasteiger partial charge in [-0.15, -0.1) is 12.8 Å². The van der Waals surface area contributed by atoms with Crippen LogP contribution in [0.4, 0.5) is 4.79 Å². The fourth-order valence-corrected chi connectivity index (χ4v) is 1.98. The number of terminal acetylenes is 1. The third kappa shape index (κ3) is 14.2. The van der Waals surface area contributed by atoms with E-state index in [9.17, 15) is 4.79 Å². The van der Waals surface area contributed by atoms with Gasteiger partial charge in [-0.3, -0.25) is 4.79 Å². The maximum Gasteiger partial charge on any atom is 0.405 e. The molecule has 0 fully saturated rings. The zero-order valence-electron chi connectivity index (χ0n) is 14.1. The molecule has 2 rings (SSSR count). The van der Waals surface area contributed by atoms with Crippen molar-refractivity contribution in [1.82, 2.24) is 0 Å². The molecule has 5 nitrogen and oxygen atoms in total. The van der Waals surface area contributed by atoms with Gasteiger partial charge < -0.3 is 15.6 Å². The molecule has 0 heterocycles. The van der Waals surface area contributed by atoms with Gasteiger partial charge in [0.05, 0.1) is 0 Å². The third-order valence-corrected chi connectivity index (χ3v) is 2.67. The van der Waals surface area contributed by atoms with Crippen LogP contribution in [0.25, 0.3) is 0 Å². The van der Waals surface area contributed by atoms with E-state index in [1.165, 1.54) is 25.7 Å². The predicted molar refractivity (Wildman–Crippen MR) is 92.1 cm³/mol. The quantitative estimate of drug-likeness (QED) is 0.566. The first-order valence-corrected chi connectivity index (χ1v) is 7.26. The Labute approximate surface area is 138 Å². The molecule has 1 aliphatic carbocycles. The highest BCUT2D eigenvalue weighted by molar-refractivity contribution is 5.65. The van der Waals surface area contributed by atoms with E-state index in [4.69, 9.17) is 15.6 Å². The van der Waals surface area contributed by atoms with Crippen molar-refractivity contribution in [2.45, 2.75) is 52.1 Å². The molecule has 0 atom stereocenters. The molecular formula is C18H27NO4. The van der Waals surface area contributed by atoms with Crippen LogP contribution < -0.4 is 5.73 Å². The number of carbonyl (C=O) groups is 2. The number of carbonyl (C=O) groups excluding carboxylic acids is 1. The van der Waals surface area contributed by atoms with Crippen molar-refractivity contribution in [3.05, 3.63) is 35.4 Å². The molecule has 0 bridgehead atoms. The lowest BCUT2D eigenvalue weighted by Crippen LogP contribution is -2.27. The van der Waals surface area contributed by atoms with Crippen LogP contribution in [-0.4, -0.2) is 23.3 Å². The minimum atomic E-state index is -0.725. The van der Waals surface area contributed by atoms with Crippen LogP contribution in [0, 0.1) is 12.8 Å². The Balaban J connectivity index is 0. The lowest BCUT2D eigenvalue weighted by atomic mass is 9.92. The van der Waals surface area contributed by atoms with Crippen molar-refractivity contribution in [2.24, 2.45) is 5.73 Å². The molecule has 1 amide bonds. The molecule has 3 N–H and O–H groups in total. The minimum absolute atomic E-state index is 0.250. The highest BCUT2D eigenvalue weighted by Crippen LogP contribution is 2.19. The standard InChI is InChI=1S/C10H12.C5H11NO2.C2H2.CH2O2/c1-2-6-10-8-4-3-7-9(10)5-1;1-5(2,3)8-4(6)7;1-2;2-1-3/h1-2,5-6H,3-4,7-8H2;1-3H3,(H2,6,7);1-2H;1H,(H,2,3). The fourth-order valence-electron chi connectivity index (χ4n) is 1.98. The summed E-state index contributed by atoms with van der Waals surface area (Å²) < 4.78 is 4.58. The molecule has 0 spiro atoms. The van der Waals surface area contributed by atoms with Crippen molar-refractivity contribution in [3.8, 4) is 12.8 Å². The van der Waals surface area contributed by atoms with Gasteiger partial charge in [-0.25, -0.2) is 4.79 Å². The first-order valence-electron chi connectivity index (χ1n) is 7.26. The summed E-state index contributed by atoms with van der Waals surface area (Å²) in [5.41, 5.74) is 7.42. The number of aryl methyl sites for hydroxylation is 2. The van der Waals surface area contributed by atoms with E-state index >= 15 is 0 Å². The number of carboxylic acid groups (broad SMARTS) is 1. The second-order valence-corrected chi connectivity index (χ2v) is 5.61. The SMILES string of the molecule is C#C.CC(C)(C)OC(N)=O.O=CO.c1ccc2c(c1)CCCC2. The van der Waals surface area contributed by atoms with E-state index in [-0.39, 0.29) is 6.47 Å². The van der Waals surface area contributed by atoms with Gasteiger partial charge in [0.1, 0.15) is 5.60 Å². The molecule has 1 aromatic carbocycles. The number of amides is 1. The lowest BCUT2D eigenvalue weighted by Gasteiger charge is -2.16. The minimum Gasteiger partial charge on any atom is -0.483 e. The van der Waals surface area contributed by atoms with E-state index in [0.717, 1.165) is 0 Å². The highest BCUT2D eigenvalue weighted by Gasteiger charge is 2.12. The van der Waals surface area contributed by atoms with E-state index < -0.39 is 11.7 Å². The van der Waals surface area contributed by atoms with Gasteiger partial charge in [0, 0.05) is 0 Å². The summed E-state index contributed by atoms with van der Waals surface area (Å²) in [6.07, 6.45) is 12.7. The van der Waals surface area contributed by atoms with E-state index in [1.807, 2.05) is 0 Å². The van der Waals surface area contributed by atoms with Crippen LogP contribution in [-0.2, 0) is 22.4 Å². The monoisotopic (exact) mass is 321 g/mol. The molecule has 5 heteroatoms. The Morgan fingerprint density at radius 1 is 1.17 bits per heavy atom. The summed E-state index contributed by atoms with van der Waals surface area (Å²) >= 11 is 0. The van der Waals surface area contributed by atoms with Crippen LogP contribution in [0.2, 0.25) is 0 Å². The molecule has 0 aliphatic heterocycles. The number of fused-ring (bicyclic) bond motifs is 1. The van der Waals surface area contributed by atoms with Crippen molar-refractivity contribution < 1.29 is 19.4 Å². The first-order chi connectivity index (χ1) is 10.8. The zero-order valence-corrected chi connectivity index (χ0v) is 14.1. The number of hydrogen-bond donors (Lipinski definition) is 2. The van der Waals surface area contributed by atoms with Crippen LogP contribution in [0.5, 0.6) is 0 Å². The summed E-state index contributed by atoms with van der Waals surface area (Å²) in [6.45, 7) is 5.04. The van der Waals surface area contributed by atoms with Crippen molar-refractivity contribution in [2.75, 3.05) is 0 Å². The van der Waals surface area contributed by atoms with E-state index in [1.54, 1.807) is 31.9 Å². The average molecular weight is 321 g/mol. The van der Waals surface area contributed by atoms with Gasteiger partial charge in [-0.2, -0.15) is 0 Å². The van der Waals surface area contributed by atoms with Gasteiger partial charge in [-0.1, -0.05) is 24.3 Å². The number of hydrogen-bond acceptors (Lipinski definition) is 3. The molecule has 23 heavy (non-hydrogen) atoms. The van der Waals surface area contributed by atoms with Gasteiger partial charge in [0.25, 0.3) is 6.47 Å². The molecule has 0 saturated heterocycles. The smallest absolute Gasteiger partial charge is 0.405 e. The number of primary amides is 1. The average Bonchev–Trinajstić information content (AvgIpc) is 2.48. The Kier molecular flexibility index (Phi) is 13.1. The summed E-state index contributed by atoms with van der Waals surface area (Å²) in [5, 5.41) is 6.89. The molecule has 0 saturated carbocycles. The second kappa shape index (κ2) is 13.2. The highest BCUT2D eigenvalue weighted by atomic mass is 16.6. The van der Waals surface area contributed by atoms with Crippen LogP contribution >= 0.6 is 0 Å². The summed E-state index contributed by atoms with van der Waals surface area (Å²) in [4.78, 5) is 18.4. The van der Waals surface area contributed by atoms with Crippen LogP contribution in [0.3, 0.4) is 0 Å². The van der Waals surface area contributed by atoms with Crippen LogP contribution in [0.15, 0.2) is 24.3 Å². The van der Waals surface area contributed by atoms with Crippen molar-refractivity contribution in [3.63, 3.8) is 0 Å². The molecule has 0 unspecified atom stereocenters. The Bertz CT molecular complexity index is 450. The van der Waals surface area contributed by atoms with Crippen molar-refractivity contribution >= 4 is 12.6 Å². The predicted octanol–water partition coefficient (Wildman–Crippen LogP) is 3.40. The summed E-state index contributed by atoms with van der Waals surface area (Å²) in [7, 11) is 0. The van der Waals surface area contributed by atoms with Gasteiger partial charge >= 0.3 is 6.09 Å². The third-order valence-electron chi connectivity index (χ3n) is 2.67. The zero-order chi connectivity index (χ0) is 18.3. The maximum absolute atomic E-state index is 10.0. The molecule has 0 aromatic heterocycles. The summed E-state index contributed by atoms with van der Waals surface area (Å²) in [6, 6.07) is 8.80. The number of benzene rings is 1. The van der Waals surface area contributed by atoms with Crippen LogP contribution in [0.1, 0.15) is 44.7 Å². The molecule has 1 aromatic rings. The van der Waals surface area contributed by atoms with Gasteiger partial charge in [-0.05, 0) is 57.6 Å². The Morgan fingerprint density at radius 3 is 1.74 bits per heavy atom. The van der Waals surface area contributed by atoms with Gasteiger partial charge in [0.2, 0.25) is 0 Å². The fraction of sp³-hybridized carbons (Fsp3) is 0.444. The Hall–Kier alpha value is -2.48. The Morgan fingerprint density at radius 2 is 1.52 bits per heavy atom. The molecule has 128 valence electrons.